The molecule has 0 radical (unpaired) electrons. The maximum atomic E-state index is 12.2. The SMILES string of the molecule is CCC(=O)Oc1cc(C(=O)O)c(C2Cc3c(O)cc(O)cc3O[C@H]2c2cc(O)c(O)c(O)c2)c(O)c1O. The van der Waals surface area contributed by atoms with Crippen molar-refractivity contribution in [3.63, 3.8) is 0 Å². The highest BCUT2D eigenvalue weighted by atomic mass is 16.5. The van der Waals surface area contributed by atoms with Crippen molar-refractivity contribution in [2.24, 2.45) is 0 Å². The second-order valence-electron chi connectivity index (χ2n) is 8.36. The minimum absolute atomic E-state index is 0.0140. The van der Waals surface area contributed by atoms with Crippen LogP contribution in [0.2, 0.25) is 0 Å². The topological polar surface area (TPSA) is 214 Å². The highest BCUT2D eigenvalue weighted by molar-refractivity contribution is 5.93. The van der Waals surface area contributed by atoms with E-state index in [4.69, 9.17) is 9.47 Å². The van der Waals surface area contributed by atoms with Gasteiger partial charge in [-0.1, -0.05) is 6.92 Å². The molecule has 8 N–H and O–H groups in total. The van der Waals surface area contributed by atoms with Crippen LogP contribution in [0, 0.1) is 0 Å². The summed E-state index contributed by atoms with van der Waals surface area (Å²) in [5.41, 5.74) is -0.788. The molecule has 0 amide bonds. The Kier molecular flexibility index (Phi) is 6.26. The normalized spacial score (nSPS) is 16.5. The van der Waals surface area contributed by atoms with Gasteiger partial charge in [0.2, 0.25) is 5.75 Å². The molecular weight excluding hydrogens is 492 g/mol. The molecule has 4 rings (SSSR count). The lowest BCUT2D eigenvalue weighted by atomic mass is 9.79. The molecule has 0 saturated heterocycles. The molecule has 37 heavy (non-hydrogen) atoms. The van der Waals surface area contributed by atoms with Gasteiger partial charge in [-0.25, -0.2) is 4.79 Å². The van der Waals surface area contributed by atoms with Crippen LogP contribution in [0.5, 0.6) is 51.7 Å². The number of aromatic carboxylic acids is 1. The van der Waals surface area contributed by atoms with Crippen molar-refractivity contribution in [3.05, 3.63) is 52.6 Å². The van der Waals surface area contributed by atoms with E-state index >= 15 is 0 Å². The van der Waals surface area contributed by atoms with Crippen LogP contribution < -0.4 is 9.47 Å². The van der Waals surface area contributed by atoms with Gasteiger partial charge in [-0.05, 0) is 24.6 Å². The first-order chi connectivity index (χ1) is 17.4. The van der Waals surface area contributed by atoms with E-state index in [1.54, 1.807) is 0 Å². The van der Waals surface area contributed by atoms with E-state index in [1.807, 2.05) is 0 Å². The largest absolute Gasteiger partial charge is 0.508 e. The summed E-state index contributed by atoms with van der Waals surface area (Å²) in [4.78, 5) is 24.0. The van der Waals surface area contributed by atoms with E-state index in [9.17, 15) is 50.4 Å². The number of hydrogen-bond acceptors (Lipinski definition) is 11. The minimum Gasteiger partial charge on any atom is -0.508 e. The van der Waals surface area contributed by atoms with Crippen LogP contribution in [-0.2, 0) is 11.2 Å². The standard InChI is InChI=1S/C25H22O12/c1-2-19(30)36-18-8-13(25(34)35)20(23(33)22(18)32)12-7-11-14(27)5-10(26)6-17(11)37-24(12)9-3-15(28)21(31)16(29)4-9/h3-6,8,12,24,26-29,31-33H,2,7H2,1H3,(H,34,35)/t12?,24-/m0/s1. The number of hydrogen-bond donors (Lipinski definition) is 8. The Morgan fingerprint density at radius 2 is 1.54 bits per heavy atom. The van der Waals surface area contributed by atoms with Gasteiger partial charge in [-0.2, -0.15) is 0 Å². The lowest BCUT2D eigenvalue weighted by Crippen LogP contribution is -2.26. The molecule has 1 heterocycles. The van der Waals surface area contributed by atoms with Gasteiger partial charge in [0.1, 0.15) is 23.4 Å². The molecule has 0 saturated carbocycles. The van der Waals surface area contributed by atoms with Crippen molar-refractivity contribution in [1.82, 2.24) is 0 Å². The van der Waals surface area contributed by atoms with Crippen LogP contribution in [0.3, 0.4) is 0 Å². The molecule has 0 aliphatic carbocycles. The Labute approximate surface area is 208 Å². The van der Waals surface area contributed by atoms with E-state index < -0.39 is 69.8 Å². The zero-order chi connectivity index (χ0) is 27.2. The number of phenols is 7. The molecule has 12 heteroatoms. The molecule has 1 unspecified atom stereocenters. The van der Waals surface area contributed by atoms with Gasteiger partial charge in [-0.3, -0.25) is 4.79 Å². The van der Waals surface area contributed by atoms with E-state index in [-0.39, 0.29) is 41.0 Å². The maximum Gasteiger partial charge on any atom is 0.336 e. The third-order valence-corrected chi connectivity index (χ3v) is 6.03. The summed E-state index contributed by atoms with van der Waals surface area (Å²) in [6.45, 7) is 1.47. The number of ether oxygens (including phenoxy) is 2. The van der Waals surface area contributed by atoms with Gasteiger partial charge in [0.05, 0.1) is 5.56 Å². The van der Waals surface area contributed by atoms with Crippen molar-refractivity contribution in [2.45, 2.75) is 31.8 Å². The van der Waals surface area contributed by atoms with Gasteiger partial charge >= 0.3 is 11.9 Å². The molecule has 1 aliphatic rings. The van der Waals surface area contributed by atoms with Gasteiger partial charge in [-0.15, -0.1) is 0 Å². The number of fused-ring (bicyclic) bond motifs is 1. The molecule has 0 spiro atoms. The Morgan fingerprint density at radius 3 is 2.14 bits per heavy atom. The van der Waals surface area contributed by atoms with E-state index in [0.29, 0.717) is 0 Å². The summed E-state index contributed by atoms with van der Waals surface area (Å²) >= 11 is 0. The summed E-state index contributed by atoms with van der Waals surface area (Å²) in [6, 6.07) is 5.14. The molecule has 3 aromatic carbocycles. The zero-order valence-corrected chi connectivity index (χ0v) is 19.2. The predicted octanol–water partition coefficient (Wildman–Crippen LogP) is 3.10. The number of carboxylic acids is 1. The highest BCUT2D eigenvalue weighted by Crippen LogP contribution is 2.54. The van der Waals surface area contributed by atoms with Crippen LogP contribution in [0.1, 0.15) is 52.4 Å². The third-order valence-electron chi connectivity index (χ3n) is 6.03. The summed E-state index contributed by atoms with van der Waals surface area (Å²) in [5, 5.41) is 81.6. The van der Waals surface area contributed by atoms with Crippen LogP contribution in [0.15, 0.2) is 30.3 Å². The molecule has 0 fully saturated rings. The first-order valence-corrected chi connectivity index (χ1v) is 10.9. The van der Waals surface area contributed by atoms with Crippen molar-refractivity contribution in [1.29, 1.82) is 0 Å². The Hall–Kier alpha value is -5.00. The van der Waals surface area contributed by atoms with Crippen LogP contribution >= 0.6 is 0 Å². The third kappa shape index (κ3) is 4.40. The second-order valence-corrected chi connectivity index (χ2v) is 8.36. The molecule has 0 aromatic heterocycles. The number of aromatic hydroxyl groups is 7. The monoisotopic (exact) mass is 514 g/mol. The predicted molar refractivity (Wildman–Crippen MR) is 124 cm³/mol. The fraction of sp³-hybridized carbons (Fsp3) is 0.200. The number of benzene rings is 3. The Morgan fingerprint density at radius 1 is 0.892 bits per heavy atom. The van der Waals surface area contributed by atoms with Gasteiger partial charge in [0.15, 0.2) is 28.7 Å². The Balaban J connectivity index is 1.98. The molecule has 194 valence electrons. The van der Waals surface area contributed by atoms with E-state index in [2.05, 4.69) is 0 Å². The quantitative estimate of drug-likeness (QED) is 0.140. The average Bonchev–Trinajstić information content (AvgIpc) is 2.84. The average molecular weight is 514 g/mol. The summed E-state index contributed by atoms with van der Waals surface area (Å²) in [6.07, 6.45) is -1.60. The highest BCUT2D eigenvalue weighted by Gasteiger charge is 2.40. The molecule has 2 atom stereocenters. The maximum absolute atomic E-state index is 12.2. The van der Waals surface area contributed by atoms with Gasteiger partial charge < -0.3 is 50.3 Å². The van der Waals surface area contributed by atoms with Gasteiger partial charge in [0, 0.05) is 41.2 Å². The lowest BCUT2D eigenvalue weighted by molar-refractivity contribution is -0.134. The molecular formula is C25H22O12. The van der Waals surface area contributed by atoms with Crippen molar-refractivity contribution in [2.75, 3.05) is 0 Å². The molecule has 0 bridgehead atoms. The first-order valence-electron chi connectivity index (χ1n) is 10.9. The van der Waals surface area contributed by atoms with Crippen molar-refractivity contribution < 1.29 is 59.9 Å². The number of rotatable bonds is 5. The van der Waals surface area contributed by atoms with Crippen LogP contribution in [-0.4, -0.2) is 52.8 Å². The van der Waals surface area contributed by atoms with E-state index in [0.717, 1.165) is 24.3 Å². The van der Waals surface area contributed by atoms with E-state index in [1.165, 1.54) is 13.0 Å². The minimum atomic E-state index is -1.56. The second kappa shape index (κ2) is 9.22. The lowest BCUT2D eigenvalue weighted by Gasteiger charge is -2.35. The number of phenolic OH excluding ortho intramolecular Hbond substituents is 7. The fourth-order valence-electron chi connectivity index (χ4n) is 4.29. The zero-order valence-electron chi connectivity index (χ0n) is 19.2. The smallest absolute Gasteiger partial charge is 0.336 e. The Bertz CT molecular complexity index is 1400. The molecule has 3 aromatic rings. The summed E-state index contributed by atoms with van der Waals surface area (Å²) in [5.74, 6) is -9.04. The van der Waals surface area contributed by atoms with Crippen LogP contribution in [0.25, 0.3) is 0 Å². The van der Waals surface area contributed by atoms with Gasteiger partial charge in [0.25, 0.3) is 0 Å². The van der Waals surface area contributed by atoms with Crippen molar-refractivity contribution in [3.8, 4) is 51.7 Å². The fourth-order valence-corrected chi connectivity index (χ4v) is 4.29. The number of carboxylic acid groups (broad SMARTS) is 1. The molecule has 1 aliphatic heterocycles. The molecule has 12 nitrogen and oxygen atoms in total. The van der Waals surface area contributed by atoms with Crippen LogP contribution in [0.4, 0.5) is 0 Å². The number of carbonyl (C=O) groups excluding carboxylic acids is 1. The number of carbonyl (C=O) groups is 2. The summed E-state index contributed by atoms with van der Waals surface area (Å²) in [7, 11) is 0. The van der Waals surface area contributed by atoms with Crippen molar-refractivity contribution >= 4 is 11.9 Å². The summed E-state index contributed by atoms with van der Waals surface area (Å²) < 4.78 is 10.9. The first kappa shape index (κ1) is 25.1. The number of esters is 1.